The Morgan fingerprint density at radius 1 is 1.37 bits per heavy atom. The van der Waals surface area contributed by atoms with E-state index < -0.39 is 22.5 Å². The van der Waals surface area contributed by atoms with Gasteiger partial charge in [0.15, 0.2) is 0 Å². The zero-order chi connectivity index (χ0) is 13.8. The summed E-state index contributed by atoms with van der Waals surface area (Å²) >= 11 is 0. The maximum absolute atomic E-state index is 12.0. The summed E-state index contributed by atoms with van der Waals surface area (Å²) in [5.41, 5.74) is 0.258. The number of aromatic nitrogens is 3. The molecule has 0 spiro atoms. The number of carbonyl (C=O) groups is 1. The first kappa shape index (κ1) is 12.4. The van der Waals surface area contributed by atoms with Gasteiger partial charge in [-0.1, -0.05) is 40.5 Å². The van der Waals surface area contributed by atoms with E-state index in [0.717, 1.165) is 11.0 Å². The summed E-state index contributed by atoms with van der Waals surface area (Å²) in [6.07, 6.45) is 0.925. The Morgan fingerprint density at radius 3 is 2.58 bits per heavy atom. The second kappa shape index (κ2) is 5.04. The van der Waals surface area contributed by atoms with Crippen molar-refractivity contribution < 1.29 is 14.9 Å². The summed E-state index contributed by atoms with van der Waals surface area (Å²) in [7, 11) is 0. The molecule has 9 heteroatoms. The van der Waals surface area contributed by atoms with Crippen molar-refractivity contribution in [3.05, 3.63) is 52.3 Å². The van der Waals surface area contributed by atoms with Crippen molar-refractivity contribution in [3.63, 3.8) is 0 Å². The predicted molar refractivity (Wildman–Crippen MR) is 62.1 cm³/mol. The molecule has 0 saturated carbocycles. The molecule has 0 aliphatic carbocycles. The molecule has 1 heterocycles. The van der Waals surface area contributed by atoms with E-state index in [0.29, 0.717) is 0 Å². The smallest absolute Gasteiger partial charge is 0.409 e. The Balaban J connectivity index is 2.35. The number of carbonyl (C=O) groups excluding carboxylic acids is 1. The van der Waals surface area contributed by atoms with Crippen molar-refractivity contribution in [1.29, 1.82) is 0 Å². The van der Waals surface area contributed by atoms with Gasteiger partial charge >= 0.3 is 5.95 Å². The topological polar surface area (TPSA) is 124 Å². The minimum atomic E-state index is -0.821. The quantitative estimate of drug-likeness (QED) is 0.216. The summed E-state index contributed by atoms with van der Waals surface area (Å²) in [5, 5.41) is 25.5. The third kappa shape index (κ3) is 2.44. The van der Waals surface area contributed by atoms with Crippen LogP contribution in [0.25, 0.3) is 0 Å². The lowest BCUT2D eigenvalue weighted by Crippen LogP contribution is -2.23. The Kier molecular flexibility index (Phi) is 3.28. The monoisotopic (exact) mass is 261 g/mol. The Morgan fingerprint density at radius 2 is 2.05 bits per heavy atom. The van der Waals surface area contributed by atoms with Gasteiger partial charge in [0.25, 0.3) is 5.84 Å². The molecule has 0 radical (unpaired) electrons. The molecule has 2 aromatic rings. The van der Waals surface area contributed by atoms with Crippen LogP contribution in [0.4, 0.5) is 5.95 Å². The van der Waals surface area contributed by atoms with Gasteiger partial charge in [-0.05, 0) is 4.92 Å². The molecule has 2 rings (SSSR count). The number of rotatable bonds is 3. The molecule has 1 aromatic heterocycles. The van der Waals surface area contributed by atoms with E-state index in [1.807, 2.05) is 0 Å². The molecule has 0 amide bonds. The van der Waals surface area contributed by atoms with Crippen LogP contribution in [0.2, 0.25) is 0 Å². The summed E-state index contributed by atoms with van der Waals surface area (Å²) < 4.78 is 0.744. The highest BCUT2D eigenvalue weighted by atomic mass is 16.6. The second-order valence-corrected chi connectivity index (χ2v) is 3.37. The second-order valence-electron chi connectivity index (χ2n) is 3.37. The van der Waals surface area contributed by atoms with Crippen molar-refractivity contribution in [1.82, 2.24) is 14.8 Å². The fourth-order valence-electron chi connectivity index (χ4n) is 1.35. The number of Topliss-reactive ketones (excluding diaryl/α,β-unsaturated/α-hetero) is 1. The van der Waals surface area contributed by atoms with Crippen LogP contribution in [0.3, 0.4) is 0 Å². The summed E-state index contributed by atoms with van der Waals surface area (Å²) in [4.78, 5) is 25.0. The summed E-state index contributed by atoms with van der Waals surface area (Å²) in [5.74, 6) is -1.81. The van der Waals surface area contributed by atoms with Crippen LogP contribution in [0, 0.1) is 10.1 Å². The number of oxime groups is 1. The maximum Gasteiger partial charge on any atom is 0.491 e. The normalized spacial score (nSPS) is 11.3. The molecule has 0 aliphatic heterocycles. The van der Waals surface area contributed by atoms with E-state index in [4.69, 9.17) is 5.21 Å². The minimum absolute atomic E-state index is 0.258. The third-order valence-corrected chi connectivity index (χ3v) is 2.19. The summed E-state index contributed by atoms with van der Waals surface area (Å²) in [6, 6.07) is 8.00. The molecule has 1 aromatic carbocycles. The van der Waals surface area contributed by atoms with Crippen LogP contribution in [0.1, 0.15) is 10.4 Å². The Labute approximate surface area is 106 Å². The van der Waals surface area contributed by atoms with Crippen molar-refractivity contribution in [2.45, 2.75) is 0 Å². The van der Waals surface area contributed by atoms with Gasteiger partial charge in [-0.25, -0.2) is 0 Å². The molecule has 0 fully saturated rings. The average Bonchev–Trinajstić information content (AvgIpc) is 2.90. The Hall–Kier alpha value is -3.10. The van der Waals surface area contributed by atoms with Crippen LogP contribution >= 0.6 is 0 Å². The van der Waals surface area contributed by atoms with E-state index in [-0.39, 0.29) is 5.56 Å². The molecule has 0 atom stereocenters. The lowest BCUT2D eigenvalue weighted by molar-refractivity contribution is -0.394. The van der Waals surface area contributed by atoms with Gasteiger partial charge in [0.2, 0.25) is 12.1 Å². The van der Waals surface area contributed by atoms with E-state index in [1.165, 1.54) is 12.1 Å². The van der Waals surface area contributed by atoms with Gasteiger partial charge in [0.1, 0.15) is 0 Å². The van der Waals surface area contributed by atoms with Crippen LogP contribution < -0.4 is 0 Å². The lowest BCUT2D eigenvalue weighted by Gasteiger charge is -1.99. The zero-order valence-electron chi connectivity index (χ0n) is 9.37. The molecule has 0 unspecified atom stereocenters. The largest absolute Gasteiger partial charge is 0.491 e. The molecular weight excluding hydrogens is 254 g/mol. The minimum Gasteiger partial charge on any atom is -0.409 e. The van der Waals surface area contributed by atoms with Gasteiger partial charge < -0.3 is 15.3 Å². The molecule has 0 saturated heterocycles. The number of hydrogen-bond acceptors (Lipinski definition) is 7. The number of ketones is 1. The molecule has 0 aliphatic rings. The molecule has 0 bridgehead atoms. The van der Waals surface area contributed by atoms with Crippen LogP contribution in [-0.2, 0) is 0 Å². The first-order valence-electron chi connectivity index (χ1n) is 5.01. The van der Waals surface area contributed by atoms with Gasteiger partial charge in [-0.2, -0.15) is 0 Å². The van der Waals surface area contributed by atoms with Crippen LogP contribution in [-0.4, -0.2) is 36.5 Å². The van der Waals surface area contributed by atoms with Crippen molar-refractivity contribution in [3.8, 4) is 0 Å². The molecule has 19 heavy (non-hydrogen) atoms. The van der Waals surface area contributed by atoms with Gasteiger partial charge in [-0.3, -0.25) is 4.79 Å². The van der Waals surface area contributed by atoms with E-state index in [1.54, 1.807) is 18.2 Å². The number of nitrogens with zero attached hydrogens (tertiary/aromatic N) is 5. The number of hydrogen-bond donors (Lipinski definition) is 1. The van der Waals surface area contributed by atoms with Gasteiger partial charge in [-0.15, -0.1) is 4.68 Å². The first-order valence-corrected chi connectivity index (χ1v) is 5.01. The SMILES string of the molecule is O=C(/C(=N/O)n1cnc([N+](=O)[O-])n1)c1ccccc1. The van der Waals surface area contributed by atoms with Gasteiger partial charge in [0, 0.05) is 10.7 Å². The Bertz CT molecular complexity index is 649. The van der Waals surface area contributed by atoms with Crippen molar-refractivity contribution >= 4 is 17.6 Å². The molecular formula is C10H7N5O4. The van der Waals surface area contributed by atoms with Crippen LogP contribution in [0.15, 0.2) is 41.8 Å². The average molecular weight is 261 g/mol. The van der Waals surface area contributed by atoms with E-state index in [9.17, 15) is 14.9 Å². The standard InChI is InChI=1S/C10H7N5O4/c16-8(7-4-2-1-3-5-7)9(13-17)14-6-11-10(12-14)15(18)19/h1-6,17H/b13-9-. The zero-order valence-corrected chi connectivity index (χ0v) is 9.37. The van der Waals surface area contributed by atoms with Crippen LogP contribution in [0.5, 0.6) is 0 Å². The predicted octanol–water partition coefficient (Wildman–Crippen LogP) is 0.705. The number of nitro groups is 1. The van der Waals surface area contributed by atoms with Crippen molar-refractivity contribution in [2.75, 3.05) is 0 Å². The number of benzene rings is 1. The van der Waals surface area contributed by atoms with Crippen molar-refractivity contribution in [2.24, 2.45) is 5.16 Å². The molecule has 96 valence electrons. The fourth-order valence-corrected chi connectivity index (χ4v) is 1.35. The lowest BCUT2D eigenvalue weighted by atomic mass is 10.1. The third-order valence-electron chi connectivity index (χ3n) is 2.19. The van der Waals surface area contributed by atoms with E-state index in [2.05, 4.69) is 15.2 Å². The highest BCUT2D eigenvalue weighted by Gasteiger charge is 2.23. The first-order chi connectivity index (χ1) is 9.13. The maximum atomic E-state index is 12.0. The molecule has 9 nitrogen and oxygen atoms in total. The summed E-state index contributed by atoms with van der Waals surface area (Å²) in [6.45, 7) is 0. The highest BCUT2D eigenvalue weighted by molar-refractivity contribution is 6.45. The van der Waals surface area contributed by atoms with E-state index >= 15 is 0 Å². The van der Waals surface area contributed by atoms with Gasteiger partial charge in [0.05, 0.1) is 0 Å². The highest BCUT2D eigenvalue weighted by Crippen LogP contribution is 2.05. The fraction of sp³-hybridized carbons (Fsp3) is 0. The molecule has 1 N–H and O–H groups in total.